The van der Waals surface area contributed by atoms with Crippen LogP contribution >= 0.6 is 34.5 Å². The molecular weight excluding hydrogens is 407 g/mol. The van der Waals surface area contributed by atoms with Crippen molar-refractivity contribution in [3.63, 3.8) is 0 Å². The molecule has 0 spiro atoms. The number of aromatic nitrogens is 1. The summed E-state index contributed by atoms with van der Waals surface area (Å²) in [6, 6.07) is 6.99. The molecule has 0 bridgehead atoms. The van der Waals surface area contributed by atoms with Gasteiger partial charge in [-0.1, -0.05) is 35.3 Å². The molecule has 136 valence electrons. The van der Waals surface area contributed by atoms with Crippen LogP contribution in [0.5, 0.6) is 5.88 Å². The van der Waals surface area contributed by atoms with Crippen LogP contribution in [-0.4, -0.2) is 15.5 Å². The van der Waals surface area contributed by atoms with Gasteiger partial charge in [-0.25, -0.2) is 0 Å². The number of benzene rings is 1. The largest absolute Gasteiger partial charge is 0.494 e. The van der Waals surface area contributed by atoms with Gasteiger partial charge >= 0.3 is 0 Å². The van der Waals surface area contributed by atoms with Crippen LogP contribution in [0.2, 0.25) is 10.0 Å². The van der Waals surface area contributed by atoms with Crippen molar-refractivity contribution >= 4 is 50.4 Å². The van der Waals surface area contributed by atoms with Crippen LogP contribution in [0.25, 0.3) is 10.1 Å². The second-order valence-corrected chi connectivity index (χ2v) is 7.54. The first kappa shape index (κ1) is 19.2. The van der Waals surface area contributed by atoms with E-state index in [9.17, 15) is 20.0 Å². The van der Waals surface area contributed by atoms with Gasteiger partial charge in [0.1, 0.15) is 11.6 Å². The quantitative estimate of drug-likeness (QED) is 0.492. The van der Waals surface area contributed by atoms with E-state index >= 15 is 0 Å². The Balaban J connectivity index is 2.33. The summed E-state index contributed by atoms with van der Waals surface area (Å²) in [6.45, 7) is 4.92. The average Bonchev–Trinajstić information content (AvgIpc) is 2.97. The van der Waals surface area contributed by atoms with Crippen LogP contribution in [0.1, 0.15) is 26.4 Å². The normalized spacial score (nSPS) is 10.7. The number of halogens is 2. The maximum absolute atomic E-state index is 13.2. The SMILES string of the molecule is C=CCn1c(O)c(C(=O)c2sc3cccc(Cl)c3c2Cl)c(C)c(C#N)c1=O. The van der Waals surface area contributed by atoms with E-state index in [1.165, 1.54) is 13.0 Å². The third kappa shape index (κ3) is 2.94. The Morgan fingerprint density at radius 3 is 2.74 bits per heavy atom. The third-order valence-electron chi connectivity index (χ3n) is 4.15. The molecule has 3 aromatic rings. The number of thiophene rings is 1. The molecule has 1 N–H and O–H groups in total. The van der Waals surface area contributed by atoms with E-state index in [2.05, 4.69) is 6.58 Å². The molecular formula is C19H12Cl2N2O3S. The topological polar surface area (TPSA) is 83.1 Å². The van der Waals surface area contributed by atoms with Crippen molar-refractivity contribution in [2.75, 3.05) is 0 Å². The predicted molar refractivity (Wildman–Crippen MR) is 107 cm³/mol. The number of hydrogen-bond donors (Lipinski definition) is 1. The molecule has 0 aliphatic carbocycles. The molecule has 0 atom stereocenters. The predicted octanol–water partition coefficient (Wildman–Crippen LogP) is 4.67. The minimum Gasteiger partial charge on any atom is -0.494 e. The number of ketones is 1. The number of allylic oxidation sites excluding steroid dienone is 1. The van der Waals surface area contributed by atoms with Gasteiger partial charge in [0.15, 0.2) is 0 Å². The van der Waals surface area contributed by atoms with Crippen molar-refractivity contribution in [1.29, 1.82) is 5.26 Å². The van der Waals surface area contributed by atoms with Crippen molar-refractivity contribution in [3.05, 3.63) is 72.8 Å². The fourth-order valence-electron chi connectivity index (χ4n) is 2.85. The number of rotatable bonds is 4. The number of hydrogen-bond acceptors (Lipinski definition) is 5. The van der Waals surface area contributed by atoms with E-state index in [4.69, 9.17) is 23.2 Å². The Kier molecular flexibility index (Phi) is 5.11. The Morgan fingerprint density at radius 2 is 2.15 bits per heavy atom. The minimum atomic E-state index is -0.686. The lowest BCUT2D eigenvalue weighted by Crippen LogP contribution is -2.26. The summed E-state index contributed by atoms with van der Waals surface area (Å²) in [4.78, 5) is 25.7. The monoisotopic (exact) mass is 418 g/mol. The second-order valence-electron chi connectivity index (χ2n) is 5.70. The van der Waals surface area contributed by atoms with Crippen LogP contribution in [0, 0.1) is 18.3 Å². The number of pyridine rings is 1. The number of carbonyl (C=O) groups excluding carboxylic acids is 1. The zero-order chi connectivity index (χ0) is 19.9. The minimum absolute atomic E-state index is 0.0497. The van der Waals surface area contributed by atoms with Gasteiger partial charge in [0.05, 0.1) is 20.5 Å². The summed E-state index contributed by atoms with van der Waals surface area (Å²) in [5.74, 6) is -1.11. The highest BCUT2D eigenvalue weighted by Crippen LogP contribution is 2.41. The Bertz CT molecular complexity index is 1220. The number of aromatic hydroxyl groups is 1. The van der Waals surface area contributed by atoms with E-state index in [1.807, 2.05) is 0 Å². The fraction of sp³-hybridized carbons (Fsp3) is 0.105. The van der Waals surface area contributed by atoms with Crippen molar-refractivity contribution in [2.45, 2.75) is 13.5 Å². The highest BCUT2D eigenvalue weighted by atomic mass is 35.5. The summed E-state index contributed by atoms with van der Waals surface area (Å²) in [5, 5.41) is 21.0. The van der Waals surface area contributed by atoms with Gasteiger partial charge in [0, 0.05) is 16.6 Å². The molecule has 0 fully saturated rings. The van der Waals surface area contributed by atoms with Crippen LogP contribution in [0.15, 0.2) is 35.6 Å². The van der Waals surface area contributed by atoms with Crippen LogP contribution in [0.3, 0.4) is 0 Å². The van der Waals surface area contributed by atoms with Gasteiger partial charge in [-0.05, 0) is 24.6 Å². The molecule has 1 aromatic carbocycles. The maximum atomic E-state index is 13.2. The standard InChI is InChI=1S/C19H12Cl2N2O3S/c1-3-7-23-18(25)10(8-22)9(2)13(19(23)26)16(24)17-15(21)14-11(20)5-4-6-12(14)27-17/h3-6,26H,1,7H2,2H3. The third-order valence-corrected chi connectivity index (χ3v) is 6.11. The smallest absolute Gasteiger partial charge is 0.271 e. The van der Waals surface area contributed by atoms with Crippen molar-refractivity contribution in [3.8, 4) is 11.9 Å². The zero-order valence-corrected chi connectivity index (χ0v) is 16.4. The molecule has 3 rings (SSSR count). The van der Waals surface area contributed by atoms with E-state index < -0.39 is 17.2 Å². The van der Waals surface area contributed by atoms with Gasteiger partial charge in [0.25, 0.3) is 5.56 Å². The number of fused-ring (bicyclic) bond motifs is 1. The number of nitrogens with zero attached hydrogens (tertiary/aromatic N) is 2. The summed E-state index contributed by atoms with van der Waals surface area (Å²) in [5.41, 5.74) is -0.940. The molecule has 27 heavy (non-hydrogen) atoms. The van der Waals surface area contributed by atoms with Crippen LogP contribution in [0.4, 0.5) is 0 Å². The number of nitriles is 1. The van der Waals surface area contributed by atoms with E-state index in [0.717, 1.165) is 15.9 Å². The molecule has 0 unspecified atom stereocenters. The zero-order valence-electron chi connectivity index (χ0n) is 14.0. The fourth-order valence-corrected chi connectivity index (χ4v) is 4.75. The lowest BCUT2D eigenvalue weighted by molar-refractivity contribution is 0.103. The van der Waals surface area contributed by atoms with Gasteiger partial charge in [0.2, 0.25) is 11.7 Å². The van der Waals surface area contributed by atoms with Gasteiger partial charge in [-0.3, -0.25) is 14.2 Å². The first-order valence-corrected chi connectivity index (χ1v) is 9.29. The van der Waals surface area contributed by atoms with Crippen LogP contribution < -0.4 is 5.56 Å². The van der Waals surface area contributed by atoms with Gasteiger partial charge in [-0.2, -0.15) is 5.26 Å². The van der Waals surface area contributed by atoms with Gasteiger partial charge in [-0.15, -0.1) is 17.9 Å². The summed E-state index contributed by atoms with van der Waals surface area (Å²) in [6.07, 6.45) is 1.39. The molecule has 2 aromatic heterocycles. The van der Waals surface area contributed by atoms with E-state index in [1.54, 1.807) is 24.3 Å². The molecule has 0 radical (unpaired) electrons. The van der Waals surface area contributed by atoms with Gasteiger partial charge < -0.3 is 5.11 Å². The molecule has 5 nitrogen and oxygen atoms in total. The summed E-state index contributed by atoms with van der Waals surface area (Å²) >= 11 is 13.7. The van der Waals surface area contributed by atoms with Crippen molar-refractivity contribution in [2.24, 2.45) is 0 Å². The van der Waals surface area contributed by atoms with Crippen LogP contribution in [-0.2, 0) is 6.54 Å². The second kappa shape index (κ2) is 7.20. The summed E-state index contributed by atoms with van der Waals surface area (Å²) in [7, 11) is 0. The molecule has 0 aliphatic rings. The van der Waals surface area contributed by atoms with E-state index in [0.29, 0.717) is 15.1 Å². The Morgan fingerprint density at radius 1 is 1.44 bits per heavy atom. The Hall–Kier alpha value is -2.59. The lowest BCUT2D eigenvalue weighted by Gasteiger charge is -2.14. The van der Waals surface area contributed by atoms with Crippen molar-refractivity contribution < 1.29 is 9.90 Å². The molecule has 2 heterocycles. The first-order valence-electron chi connectivity index (χ1n) is 7.72. The maximum Gasteiger partial charge on any atom is 0.271 e. The summed E-state index contributed by atoms with van der Waals surface area (Å²) < 4.78 is 1.65. The highest BCUT2D eigenvalue weighted by molar-refractivity contribution is 7.22. The molecule has 0 saturated heterocycles. The average molecular weight is 419 g/mol. The Labute approximate surface area is 168 Å². The number of carbonyl (C=O) groups is 1. The van der Waals surface area contributed by atoms with Crippen molar-refractivity contribution in [1.82, 2.24) is 4.57 Å². The molecule has 0 aliphatic heterocycles. The molecule has 0 saturated carbocycles. The molecule has 8 heteroatoms. The van der Waals surface area contributed by atoms with E-state index in [-0.39, 0.29) is 33.1 Å². The lowest BCUT2D eigenvalue weighted by atomic mass is 10.0. The molecule has 0 amide bonds. The highest BCUT2D eigenvalue weighted by Gasteiger charge is 2.28. The first-order chi connectivity index (χ1) is 12.8.